The zero-order valence-corrected chi connectivity index (χ0v) is 16.8. The van der Waals surface area contributed by atoms with Crippen LogP contribution < -0.4 is 14.8 Å². The fourth-order valence-electron chi connectivity index (χ4n) is 2.22. The molecule has 1 aromatic heterocycles. The van der Waals surface area contributed by atoms with Gasteiger partial charge in [-0.2, -0.15) is 13.2 Å². The maximum Gasteiger partial charge on any atom is 0.422 e. The maximum atomic E-state index is 12.2. The molecule has 0 saturated carbocycles. The van der Waals surface area contributed by atoms with Crippen molar-refractivity contribution in [1.29, 1.82) is 0 Å². The molecule has 0 aliphatic rings. The zero-order valence-electron chi connectivity index (χ0n) is 16.0. The Morgan fingerprint density at radius 2 is 1.83 bits per heavy atom. The predicted molar refractivity (Wildman–Crippen MR) is 97.9 cm³/mol. The third-order valence-corrected chi connectivity index (χ3v) is 4.89. The Labute approximate surface area is 166 Å². The number of rotatable bonds is 7. The van der Waals surface area contributed by atoms with Crippen LogP contribution in [0.2, 0.25) is 0 Å². The molecule has 1 amide bonds. The van der Waals surface area contributed by atoms with E-state index in [1.807, 2.05) is 0 Å². The van der Waals surface area contributed by atoms with Crippen molar-refractivity contribution in [3.63, 3.8) is 0 Å². The Hall–Kier alpha value is -2.53. The molecular formula is C18H21F3N2O5S. The van der Waals surface area contributed by atoms with Crippen molar-refractivity contribution in [2.24, 2.45) is 0 Å². The van der Waals surface area contributed by atoms with Crippen LogP contribution in [-0.4, -0.2) is 32.6 Å². The van der Waals surface area contributed by atoms with E-state index in [0.29, 0.717) is 5.56 Å². The first kappa shape index (κ1) is 22.8. The van der Waals surface area contributed by atoms with Crippen molar-refractivity contribution in [1.82, 2.24) is 10.0 Å². The van der Waals surface area contributed by atoms with Gasteiger partial charge in [-0.05, 0) is 50.6 Å². The number of hydrogen-bond donors (Lipinski definition) is 2. The molecule has 0 aliphatic carbocycles. The molecule has 0 radical (unpaired) electrons. The lowest BCUT2D eigenvalue weighted by Gasteiger charge is -2.18. The van der Waals surface area contributed by atoms with E-state index in [9.17, 15) is 26.4 Å². The summed E-state index contributed by atoms with van der Waals surface area (Å²) in [5.41, 5.74) is -0.236. The maximum absolute atomic E-state index is 12.2. The minimum absolute atomic E-state index is 0.00806. The van der Waals surface area contributed by atoms with Crippen LogP contribution in [0.4, 0.5) is 13.2 Å². The number of ether oxygens (including phenoxy) is 1. The van der Waals surface area contributed by atoms with Crippen LogP contribution in [0.1, 0.15) is 36.9 Å². The number of nitrogens with one attached hydrogen (secondary N) is 2. The summed E-state index contributed by atoms with van der Waals surface area (Å²) in [4.78, 5) is 12.2. The van der Waals surface area contributed by atoms with Crippen molar-refractivity contribution in [3.8, 4) is 5.75 Å². The van der Waals surface area contributed by atoms with E-state index in [1.54, 1.807) is 26.8 Å². The minimum Gasteiger partial charge on any atom is -0.484 e. The molecule has 0 fully saturated rings. The molecule has 2 rings (SSSR count). The smallest absolute Gasteiger partial charge is 0.422 e. The Morgan fingerprint density at radius 1 is 1.14 bits per heavy atom. The number of halogens is 3. The van der Waals surface area contributed by atoms with Gasteiger partial charge in [0, 0.05) is 12.1 Å². The SMILES string of the molecule is CC(C)(C)NS(=O)(=O)c1ccc(C(=O)NCc2cccc(OCC(F)(F)F)c2)o1. The van der Waals surface area contributed by atoms with Crippen LogP contribution in [0.3, 0.4) is 0 Å². The molecule has 1 aromatic carbocycles. The summed E-state index contributed by atoms with van der Waals surface area (Å²) < 4.78 is 73.3. The molecule has 0 unspecified atom stereocenters. The number of carbonyl (C=O) groups is 1. The second kappa shape index (κ2) is 8.46. The van der Waals surface area contributed by atoms with E-state index in [4.69, 9.17) is 4.42 Å². The van der Waals surface area contributed by atoms with Gasteiger partial charge >= 0.3 is 6.18 Å². The number of amides is 1. The van der Waals surface area contributed by atoms with Crippen LogP contribution in [0, 0.1) is 0 Å². The third kappa shape index (κ3) is 7.42. The number of sulfonamides is 1. The second-order valence-electron chi connectivity index (χ2n) is 7.21. The summed E-state index contributed by atoms with van der Waals surface area (Å²) in [7, 11) is -3.93. The monoisotopic (exact) mass is 434 g/mol. The first-order valence-corrected chi connectivity index (χ1v) is 9.94. The van der Waals surface area contributed by atoms with Gasteiger partial charge in [0.2, 0.25) is 5.09 Å². The quantitative estimate of drug-likeness (QED) is 0.697. The van der Waals surface area contributed by atoms with E-state index in [-0.39, 0.29) is 18.1 Å². The highest BCUT2D eigenvalue weighted by molar-refractivity contribution is 7.89. The highest BCUT2D eigenvalue weighted by atomic mass is 32.2. The van der Waals surface area contributed by atoms with Crippen molar-refractivity contribution >= 4 is 15.9 Å². The van der Waals surface area contributed by atoms with Crippen molar-refractivity contribution < 1.29 is 35.5 Å². The Morgan fingerprint density at radius 3 is 2.45 bits per heavy atom. The number of hydrogen-bond acceptors (Lipinski definition) is 5. The van der Waals surface area contributed by atoms with E-state index >= 15 is 0 Å². The predicted octanol–water partition coefficient (Wildman–Crippen LogP) is 3.23. The topological polar surface area (TPSA) is 97.6 Å². The highest BCUT2D eigenvalue weighted by Gasteiger charge is 2.28. The summed E-state index contributed by atoms with van der Waals surface area (Å²) in [5.74, 6) is -0.888. The molecule has 2 aromatic rings. The van der Waals surface area contributed by atoms with Gasteiger partial charge in [0.05, 0.1) is 0 Å². The average molecular weight is 434 g/mol. The van der Waals surface area contributed by atoms with Gasteiger partial charge in [-0.15, -0.1) is 0 Å². The van der Waals surface area contributed by atoms with Gasteiger partial charge in [0.15, 0.2) is 12.4 Å². The molecule has 160 valence electrons. The Kier molecular flexibility index (Phi) is 6.63. The van der Waals surface area contributed by atoms with Gasteiger partial charge in [0.25, 0.3) is 15.9 Å². The number of carbonyl (C=O) groups excluding carboxylic acids is 1. The number of benzene rings is 1. The lowest BCUT2D eigenvalue weighted by atomic mass is 10.1. The molecule has 0 spiro atoms. The summed E-state index contributed by atoms with van der Waals surface area (Å²) in [6, 6.07) is 8.18. The van der Waals surface area contributed by atoms with Gasteiger partial charge < -0.3 is 14.5 Å². The molecule has 0 atom stereocenters. The van der Waals surface area contributed by atoms with E-state index < -0.39 is 39.3 Å². The van der Waals surface area contributed by atoms with Crippen molar-refractivity contribution in [2.45, 2.75) is 44.1 Å². The first-order chi connectivity index (χ1) is 13.3. The number of furan rings is 1. The summed E-state index contributed by atoms with van der Waals surface area (Å²) in [5, 5.41) is 2.10. The van der Waals surface area contributed by atoms with Gasteiger partial charge in [0.1, 0.15) is 5.75 Å². The van der Waals surface area contributed by atoms with Crippen LogP contribution in [0.5, 0.6) is 5.75 Å². The third-order valence-electron chi connectivity index (χ3n) is 3.26. The lowest BCUT2D eigenvalue weighted by molar-refractivity contribution is -0.153. The van der Waals surface area contributed by atoms with Crippen LogP contribution in [-0.2, 0) is 16.6 Å². The minimum atomic E-state index is -4.45. The molecule has 1 heterocycles. The molecule has 0 aliphatic heterocycles. The fourth-order valence-corrected chi connectivity index (χ4v) is 3.57. The summed E-state index contributed by atoms with van der Waals surface area (Å²) in [6.07, 6.45) is -4.45. The normalized spacial score (nSPS) is 12.6. The highest BCUT2D eigenvalue weighted by Crippen LogP contribution is 2.20. The first-order valence-electron chi connectivity index (χ1n) is 8.46. The standard InChI is InChI=1S/C18H21F3N2O5S/c1-17(2,3)23-29(25,26)15-8-7-14(28-15)16(24)22-10-12-5-4-6-13(9-12)27-11-18(19,20)21/h4-9,23H,10-11H2,1-3H3,(H,22,24). The molecule has 11 heteroatoms. The number of alkyl halides is 3. The van der Waals surface area contributed by atoms with E-state index in [0.717, 1.165) is 6.07 Å². The van der Waals surface area contributed by atoms with Gasteiger partial charge in [-0.25, -0.2) is 13.1 Å². The largest absolute Gasteiger partial charge is 0.484 e. The van der Waals surface area contributed by atoms with Crippen molar-refractivity contribution in [2.75, 3.05) is 6.61 Å². The lowest BCUT2D eigenvalue weighted by Crippen LogP contribution is -2.40. The van der Waals surface area contributed by atoms with E-state index in [1.165, 1.54) is 24.3 Å². The zero-order chi connectivity index (χ0) is 21.9. The molecule has 2 N–H and O–H groups in total. The van der Waals surface area contributed by atoms with Crippen LogP contribution in [0.25, 0.3) is 0 Å². The second-order valence-corrected chi connectivity index (χ2v) is 8.82. The van der Waals surface area contributed by atoms with Gasteiger partial charge in [-0.3, -0.25) is 4.79 Å². The van der Waals surface area contributed by atoms with Crippen molar-refractivity contribution in [3.05, 3.63) is 47.7 Å². The summed E-state index contributed by atoms with van der Waals surface area (Å²) in [6.45, 7) is 3.54. The Balaban J connectivity index is 1.99. The molecule has 29 heavy (non-hydrogen) atoms. The molecular weight excluding hydrogens is 413 g/mol. The Bertz CT molecular complexity index is 962. The molecule has 0 bridgehead atoms. The molecule has 7 nitrogen and oxygen atoms in total. The van der Waals surface area contributed by atoms with Crippen LogP contribution >= 0.6 is 0 Å². The van der Waals surface area contributed by atoms with Gasteiger partial charge in [-0.1, -0.05) is 12.1 Å². The fraction of sp³-hybridized carbons (Fsp3) is 0.389. The van der Waals surface area contributed by atoms with Crippen LogP contribution in [0.15, 0.2) is 45.9 Å². The van der Waals surface area contributed by atoms with E-state index in [2.05, 4.69) is 14.8 Å². The molecule has 0 saturated heterocycles. The summed E-state index contributed by atoms with van der Waals surface area (Å²) >= 11 is 0. The average Bonchev–Trinajstić information content (AvgIpc) is 3.07.